The molecular formula is C15H19F3N2O2. The molecule has 1 atom stereocenters. The third kappa shape index (κ3) is 4.99. The molecule has 1 heterocycles. The average Bonchev–Trinajstić information content (AvgIpc) is 2.48. The third-order valence-electron chi connectivity index (χ3n) is 3.47. The molecule has 0 spiro atoms. The van der Waals surface area contributed by atoms with Crippen LogP contribution >= 0.6 is 0 Å². The fourth-order valence-electron chi connectivity index (χ4n) is 2.40. The van der Waals surface area contributed by atoms with Crippen molar-refractivity contribution in [2.75, 3.05) is 26.3 Å². The smallest absolute Gasteiger partial charge is 0.378 e. The Hall–Kier alpha value is -1.60. The summed E-state index contributed by atoms with van der Waals surface area (Å²) in [4.78, 5) is 11.8. The van der Waals surface area contributed by atoms with Crippen molar-refractivity contribution < 1.29 is 22.7 Å². The molecule has 1 unspecified atom stereocenters. The normalized spacial score (nSPS) is 19.0. The van der Waals surface area contributed by atoms with E-state index in [1.54, 1.807) is 6.07 Å². The van der Waals surface area contributed by atoms with Gasteiger partial charge in [0.25, 0.3) is 0 Å². The SMILES string of the molecule is O=C(CC1COCCN1)NCCc1ccccc1C(F)(F)F. The number of carbonyl (C=O) groups excluding carboxylic acids is 1. The van der Waals surface area contributed by atoms with Crippen LogP contribution in [0, 0.1) is 0 Å². The lowest BCUT2D eigenvalue weighted by Gasteiger charge is -2.23. The molecule has 1 amide bonds. The molecule has 22 heavy (non-hydrogen) atoms. The van der Waals surface area contributed by atoms with Crippen LogP contribution in [-0.2, 0) is 22.1 Å². The standard InChI is InChI=1S/C15H19F3N2O2/c16-15(17,18)13-4-2-1-3-11(13)5-6-20-14(21)9-12-10-22-8-7-19-12/h1-4,12,19H,5-10H2,(H,20,21). The molecule has 1 aromatic carbocycles. The van der Waals surface area contributed by atoms with Crippen LogP contribution in [0.4, 0.5) is 13.2 Å². The number of hydrogen-bond donors (Lipinski definition) is 2. The molecule has 1 aliphatic rings. The summed E-state index contributed by atoms with van der Waals surface area (Å²) in [6.45, 7) is 1.99. The molecule has 0 bridgehead atoms. The largest absolute Gasteiger partial charge is 0.416 e. The van der Waals surface area contributed by atoms with Crippen molar-refractivity contribution in [1.82, 2.24) is 10.6 Å². The number of amides is 1. The van der Waals surface area contributed by atoms with Crippen molar-refractivity contribution in [2.24, 2.45) is 0 Å². The molecule has 0 aromatic heterocycles. The Morgan fingerprint density at radius 3 is 2.82 bits per heavy atom. The van der Waals surface area contributed by atoms with Crippen LogP contribution in [0.1, 0.15) is 17.5 Å². The summed E-state index contributed by atoms with van der Waals surface area (Å²) < 4.78 is 43.7. The maximum atomic E-state index is 12.8. The van der Waals surface area contributed by atoms with Gasteiger partial charge < -0.3 is 15.4 Å². The van der Waals surface area contributed by atoms with Gasteiger partial charge in [-0.2, -0.15) is 13.2 Å². The quantitative estimate of drug-likeness (QED) is 0.870. The molecule has 1 aliphatic heterocycles. The Morgan fingerprint density at radius 2 is 2.14 bits per heavy atom. The summed E-state index contributed by atoms with van der Waals surface area (Å²) in [5.41, 5.74) is -0.457. The van der Waals surface area contributed by atoms with Gasteiger partial charge in [-0.25, -0.2) is 0 Å². The molecule has 7 heteroatoms. The zero-order valence-corrected chi connectivity index (χ0v) is 12.1. The molecule has 0 radical (unpaired) electrons. The molecule has 1 aromatic rings. The highest BCUT2D eigenvalue weighted by Gasteiger charge is 2.32. The van der Waals surface area contributed by atoms with Gasteiger partial charge in [-0.3, -0.25) is 4.79 Å². The van der Waals surface area contributed by atoms with Crippen LogP contribution in [0.15, 0.2) is 24.3 Å². The molecule has 2 rings (SSSR count). The Bertz CT molecular complexity index is 500. The summed E-state index contributed by atoms with van der Waals surface area (Å²) in [5.74, 6) is -0.188. The zero-order valence-electron chi connectivity index (χ0n) is 12.1. The van der Waals surface area contributed by atoms with Gasteiger partial charge >= 0.3 is 6.18 Å². The van der Waals surface area contributed by atoms with Crippen molar-refractivity contribution in [3.8, 4) is 0 Å². The van der Waals surface area contributed by atoms with E-state index in [1.165, 1.54) is 12.1 Å². The Kier molecular flexibility index (Phi) is 5.79. The highest BCUT2D eigenvalue weighted by Crippen LogP contribution is 2.31. The van der Waals surface area contributed by atoms with Gasteiger partial charge in [0.15, 0.2) is 0 Å². The van der Waals surface area contributed by atoms with Gasteiger partial charge in [-0.1, -0.05) is 18.2 Å². The van der Waals surface area contributed by atoms with Gasteiger partial charge in [-0.15, -0.1) is 0 Å². The van der Waals surface area contributed by atoms with Crippen LogP contribution in [-0.4, -0.2) is 38.3 Å². The summed E-state index contributed by atoms with van der Waals surface area (Å²) >= 11 is 0. The predicted molar refractivity (Wildman–Crippen MR) is 75.4 cm³/mol. The fourth-order valence-corrected chi connectivity index (χ4v) is 2.40. The number of halogens is 3. The number of nitrogens with one attached hydrogen (secondary N) is 2. The van der Waals surface area contributed by atoms with E-state index < -0.39 is 11.7 Å². The predicted octanol–water partition coefficient (Wildman–Crippen LogP) is 1.74. The average molecular weight is 316 g/mol. The van der Waals surface area contributed by atoms with Crippen LogP contribution in [0.2, 0.25) is 0 Å². The Morgan fingerprint density at radius 1 is 1.36 bits per heavy atom. The van der Waals surface area contributed by atoms with Crippen molar-refractivity contribution in [3.05, 3.63) is 35.4 Å². The number of benzene rings is 1. The first-order valence-electron chi connectivity index (χ1n) is 7.20. The van der Waals surface area contributed by atoms with E-state index in [9.17, 15) is 18.0 Å². The molecule has 0 aliphatic carbocycles. The number of rotatable bonds is 5. The van der Waals surface area contributed by atoms with E-state index in [2.05, 4.69) is 10.6 Å². The summed E-state index contributed by atoms with van der Waals surface area (Å²) in [6.07, 6.45) is -3.96. The number of morpholine rings is 1. The van der Waals surface area contributed by atoms with Crippen molar-refractivity contribution in [2.45, 2.75) is 25.1 Å². The van der Waals surface area contributed by atoms with Crippen LogP contribution < -0.4 is 10.6 Å². The second kappa shape index (κ2) is 7.60. The summed E-state index contributed by atoms with van der Waals surface area (Å²) in [7, 11) is 0. The van der Waals surface area contributed by atoms with E-state index >= 15 is 0 Å². The van der Waals surface area contributed by atoms with Crippen LogP contribution in [0.25, 0.3) is 0 Å². The number of ether oxygens (including phenoxy) is 1. The molecule has 1 saturated heterocycles. The first kappa shape index (κ1) is 16.8. The molecule has 1 fully saturated rings. The van der Waals surface area contributed by atoms with E-state index in [1.807, 2.05) is 0 Å². The fraction of sp³-hybridized carbons (Fsp3) is 0.533. The lowest BCUT2D eigenvalue weighted by molar-refractivity contribution is -0.138. The Labute approximate surface area is 127 Å². The molecule has 4 nitrogen and oxygen atoms in total. The second-order valence-electron chi connectivity index (χ2n) is 5.18. The van der Waals surface area contributed by atoms with Crippen molar-refractivity contribution in [3.63, 3.8) is 0 Å². The molecule has 0 saturated carbocycles. The van der Waals surface area contributed by atoms with E-state index in [-0.39, 0.29) is 36.9 Å². The number of hydrogen-bond acceptors (Lipinski definition) is 3. The highest BCUT2D eigenvalue weighted by molar-refractivity contribution is 5.76. The highest BCUT2D eigenvalue weighted by atomic mass is 19.4. The molecule has 122 valence electrons. The lowest BCUT2D eigenvalue weighted by Crippen LogP contribution is -2.44. The zero-order chi connectivity index (χ0) is 16.0. The maximum Gasteiger partial charge on any atom is 0.416 e. The first-order valence-corrected chi connectivity index (χ1v) is 7.20. The molecular weight excluding hydrogens is 297 g/mol. The number of carbonyl (C=O) groups is 1. The van der Waals surface area contributed by atoms with E-state index in [4.69, 9.17) is 4.74 Å². The van der Waals surface area contributed by atoms with Gasteiger partial charge in [0, 0.05) is 25.6 Å². The second-order valence-corrected chi connectivity index (χ2v) is 5.18. The van der Waals surface area contributed by atoms with Gasteiger partial charge in [0.1, 0.15) is 0 Å². The van der Waals surface area contributed by atoms with Crippen molar-refractivity contribution in [1.29, 1.82) is 0 Å². The van der Waals surface area contributed by atoms with Gasteiger partial charge in [0.2, 0.25) is 5.91 Å². The van der Waals surface area contributed by atoms with E-state index in [0.29, 0.717) is 19.8 Å². The summed E-state index contributed by atoms with van der Waals surface area (Å²) in [6, 6.07) is 5.39. The minimum absolute atomic E-state index is 0.0313. The monoisotopic (exact) mass is 316 g/mol. The van der Waals surface area contributed by atoms with Crippen LogP contribution in [0.3, 0.4) is 0 Å². The minimum atomic E-state index is -4.37. The lowest BCUT2D eigenvalue weighted by atomic mass is 10.0. The first-order chi connectivity index (χ1) is 10.5. The van der Waals surface area contributed by atoms with Crippen molar-refractivity contribution >= 4 is 5.91 Å². The maximum absolute atomic E-state index is 12.8. The Balaban J connectivity index is 1.80. The van der Waals surface area contributed by atoms with Crippen LogP contribution in [0.5, 0.6) is 0 Å². The third-order valence-corrected chi connectivity index (χ3v) is 3.47. The van der Waals surface area contributed by atoms with Gasteiger partial charge in [0.05, 0.1) is 18.8 Å². The molecule has 2 N–H and O–H groups in total. The number of alkyl halides is 3. The van der Waals surface area contributed by atoms with E-state index in [0.717, 1.165) is 6.07 Å². The summed E-state index contributed by atoms with van der Waals surface area (Å²) in [5, 5.41) is 5.81. The minimum Gasteiger partial charge on any atom is -0.378 e. The van der Waals surface area contributed by atoms with Gasteiger partial charge in [-0.05, 0) is 18.1 Å². The topological polar surface area (TPSA) is 50.4 Å².